The fourth-order valence-electron chi connectivity index (χ4n) is 4.63. The SMILES string of the molecule is Cc1cc(C)c(N2[C]N(C3CCCCCCCCCCC3)C=C2)c(C)c1. The van der Waals surface area contributed by atoms with Gasteiger partial charge >= 0.3 is 0 Å². The second-order valence-corrected chi connectivity index (χ2v) is 8.34. The van der Waals surface area contributed by atoms with Crippen molar-refractivity contribution in [3.63, 3.8) is 0 Å². The molecule has 2 heteroatoms. The summed E-state index contributed by atoms with van der Waals surface area (Å²) >= 11 is 0. The molecule has 1 aliphatic carbocycles. The van der Waals surface area contributed by atoms with Crippen LogP contribution in [0.5, 0.6) is 0 Å². The summed E-state index contributed by atoms with van der Waals surface area (Å²) in [6.45, 7) is 10.2. The largest absolute Gasteiger partial charge is 0.343 e. The topological polar surface area (TPSA) is 6.48 Å². The lowest BCUT2D eigenvalue weighted by Crippen LogP contribution is -2.30. The van der Waals surface area contributed by atoms with Gasteiger partial charge in [0.25, 0.3) is 0 Å². The van der Waals surface area contributed by atoms with Crippen LogP contribution in [-0.4, -0.2) is 10.9 Å². The Bertz CT molecular complexity index is 569. The standard InChI is InChI=1S/C24H36N2/c1-20-17-21(2)24(22(3)18-20)26-16-15-25(19-26)23-13-11-9-7-5-4-6-8-10-12-14-23/h15-18,23H,4-14H2,1-3H3. The normalized spacial score (nSPS) is 20.9. The third-order valence-electron chi connectivity index (χ3n) is 5.94. The molecule has 2 radical (unpaired) electrons. The van der Waals surface area contributed by atoms with Gasteiger partial charge in [0.2, 0.25) is 6.67 Å². The van der Waals surface area contributed by atoms with Gasteiger partial charge < -0.3 is 9.80 Å². The maximum absolute atomic E-state index is 3.65. The maximum atomic E-state index is 3.65. The Morgan fingerprint density at radius 1 is 0.731 bits per heavy atom. The van der Waals surface area contributed by atoms with Gasteiger partial charge in [-0.3, -0.25) is 0 Å². The smallest absolute Gasteiger partial charge is 0.213 e. The Kier molecular flexibility index (Phi) is 7.05. The van der Waals surface area contributed by atoms with Crippen LogP contribution in [0.1, 0.15) is 87.3 Å². The van der Waals surface area contributed by atoms with E-state index in [9.17, 15) is 0 Å². The first-order valence-corrected chi connectivity index (χ1v) is 10.7. The van der Waals surface area contributed by atoms with Crippen LogP contribution in [-0.2, 0) is 0 Å². The molecule has 0 saturated heterocycles. The zero-order chi connectivity index (χ0) is 18.4. The highest BCUT2D eigenvalue weighted by Gasteiger charge is 2.25. The number of anilines is 1. The summed E-state index contributed by atoms with van der Waals surface area (Å²) in [4.78, 5) is 4.57. The van der Waals surface area contributed by atoms with Crippen molar-refractivity contribution in [3.05, 3.63) is 47.9 Å². The Balaban J connectivity index is 1.63. The van der Waals surface area contributed by atoms with Gasteiger partial charge in [-0.05, 0) is 44.7 Å². The van der Waals surface area contributed by atoms with E-state index in [2.05, 4.69) is 61.8 Å². The molecule has 142 valence electrons. The fourth-order valence-corrected chi connectivity index (χ4v) is 4.63. The fraction of sp³-hybridized carbons (Fsp3) is 0.625. The average Bonchev–Trinajstić information content (AvgIpc) is 3.04. The van der Waals surface area contributed by atoms with Crippen molar-refractivity contribution in [2.75, 3.05) is 4.90 Å². The predicted octanol–water partition coefficient (Wildman–Crippen LogP) is 6.87. The van der Waals surface area contributed by atoms with Crippen molar-refractivity contribution in [1.82, 2.24) is 4.90 Å². The lowest BCUT2D eigenvalue weighted by Gasteiger charge is -2.29. The molecule has 1 aromatic carbocycles. The van der Waals surface area contributed by atoms with Gasteiger partial charge in [-0.15, -0.1) is 0 Å². The van der Waals surface area contributed by atoms with Gasteiger partial charge in [-0.25, -0.2) is 0 Å². The molecule has 1 aliphatic heterocycles. The van der Waals surface area contributed by atoms with Gasteiger partial charge in [-0.2, -0.15) is 0 Å². The number of hydrogen-bond donors (Lipinski definition) is 0. The highest BCUT2D eigenvalue weighted by atomic mass is 15.4. The number of hydrogen-bond acceptors (Lipinski definition) is 2. The van der Waals surface area contributed by atoms with Crippen molar-refractivity contribution < 1.29 is 0 Å². The van der Waals surface area contributed by atoms with Crippen LogP contribution >= 0.6 is 0 Å². The average molecular weight is 353 g/mol. The first kappa shape index (κ1) is 19.3. The number of rotatable bonds is 2. The van der Waals surface area contributed by atoms with Gasteiger partial charge in [0.1, 0.15) is 0 Å². The second kappa shape index (κ2) is 9.48. The summed E-state index contributed by atoms with van der Waals surface area (Å²) in [6.07, 6.45) is 19.7. The quantitative estimate of drug-likeness (QED) is 0.572. The zero-order valence-corrected chi connectivity index (χ0v) is 17.1. The van der Waals surface area contributed by atoms with Crippen LogP contribution < -0.4 is 4.90 Å². The minimum atomic E-state index is 0.613. The lowest BCUT2D eigenvalue weighted by molar-refractivity contribution is 0.285. The van der Waals surface area contributed by atoms with Crippen molar-refractivity contribution in [3.8, 4) is 0 Å². The van der Waals surface area contributed by atoms with Gasteiger partial charge in [0, 0.05) is 24.1 Å². The van der Waals surface area contributed by atoms with Crippen LogP contribution in [0, 0.1) is 27.4 Å². The zero-order valence-electron chi connectivity index (χ0n) is 17.1. The maximum Gasteiger partial charge on any atom is 0.213 e. The molecule has 2 nitrogen and oxygen atoms in total. The van der Waals surface area contributed by atoms with E-state index in [0.717, 1.165) is 0 Å². The third-order valence-corrected chi connectivity index (χ3v) is 5.94. The van der Waals surface area contributed by atoms with Crippen molar-refractivity contribution in [2.24, 2.45) is 0 Å². The minimum Gasteiger partial charge on any atom is -0.343 e. The van der Waals surface area contributed by atoms with E-state index in [1.54, 1.807) is 0 Å². The van der Waals surface area contributed by atoms with E-state index in [4.69, 9.17) is 0 Å². The van der Waals surface area contributed by atoms with Crippen molar-refractivity contribution >= 4 is 5.69 Å². The van der Waals surface area contributed by atoms with Gasteiger partial charge in [0.05, 0.1) is 0 Å². The van der Waals surface area contributed by atoms with E-state index in [-0.39, 0.29) is 0 Å². The third kappa shape index (κ3) is 5.05. The lowest BCUT2D eigenvalue weighted by atomic mass is 9.97. The highest BCUT2D eigenvalue weighted by Crippen LogP contribution is 2.32. The Morgan fingerprint density at radius 3 is 1.77 bits per heavy atom. The van der Waals surface area contributed by atoms with E-state index < -0.39 is 0 Å². The summed E-state index contributed by atoms with van der Waals surface area (Å²) in [5.74, 6) is 0. The second-order valence-electron chi connectivity index (χ2n) is 8.34. The molecule has 2 aliphatic rings. The van der Waals surface area contributed by atoms with Gasteiger partial charge in [0.15, 0.2) is 0 Å². The summed E-state index contributed by atoms with van der Waals surface area (Å²) < 4.78 is 0. The monoisotopic (exact) mass is 352 g/mol. The van der Waals surface area contributed by atoms with Crippen molar-refractivity contribution in [2.45, 2.75) is 97.4 Å². The first-order chi connectivity index (χ1) is 12.6. The molecule has 0 aromatic heterocycles. The van der Waals surface area contributed by atoms with Crippen LogP contribution in [0.25, 0.3) is 0 Å². The summed E-state index contributed by atoms with van der Waals surface area (Å²) in [7, 11) is 0. The molecule has 26 heavy (non-hydrogen) atoms. The summed E-state index contributed by atoms with van der Waals surface area (Å²) in [5, 5.41) is 0. The molecule has 1 heterocycles. The van der Waals surface area contributed by atoms with E-state index in [0.29, 0.717) is 6.04 Å². The molecule has 3 rings (SSSR count). The molecule has 0 N–H and O–H groups in total. The Hall–Kier alpha value is -1.44. The number of nitrogens with zero attached hydrogens (tertiary/aromatic N) is 2. The van der Waals surface area contributed by atoms with Crippen molar-refractivity contribution in [1.29, 1.82) is 0 Å². The first-order valence-electron chi connectivity index (χ1n) is 10.7. The van der Waals surface area contributed by atoms with Crippen LogP contribution in [0.3, 0.4) is 0 Å². The minimum absolute atomic E-state index is 0.613. The van der Waals surface area contributed by atoms with Crippen LogP contribution in [0.4, 0.5) is 5.69 Å². The number of benzene rings is 1. The van der Waals surface area contributed by atoms with E-state index in [1.165, 1.54) is 93.0 Å². The van der Waals surface area contributed by atoms with Gasteiger partial charge in [-0.1, -0.05) is 75.5 Å². The molecule has 0 unspecified atom stereocenters. The molecule has 0 amide bonds. The predicted molar refractivity (Wildman–Crippen MR) is 112 cm³/mol. The molecular formula is C24H36N2. The van der Waals surface area contributed by atoms with E-state index >= 15 is 0 Å². The molecule has 1 aromatic rings. The van der Waals surface area contributed by atoms with E-state index in [1.807, 2.05) is 0 Å². The Morgan fingerprint density at radius 2 is 1.23 bits per heavy atom. The Labute approximate surface area is 161 Å². The molecule has 1 saturated carbocycles. The molecule has 0 atom stereocenters. The highest BCUT2D eigenvalue weighted by molar-refractivity contribution is 5.63. The molecular weight excluding hydrogens is 316 g/mol. The summed E-state index contributed by atoms with van der Waals surface area (Å²) in [6, 6.07) is 5.16. The van der Waals surface area contributed by atoms with Crippen LogP contribution in [0.15, 0.2) is 24.5 Å². The number of aryl methyl sites for hydroxylation is 3. The molecule has 0 bridgehead atoms. The molecule has 1 fully saturated rings. The summed E-state index contributed by atoms with van der Waals surface area (Å²) in [5.41, 5.74) is 5.30. The molecule has 0 spiro atoms. The van der Waals surface area contributed by atoms with Crippen LogP contribution in [0.2, 0.25) is 0 Å².